The first-order valence-electron chi connectivity index (χ1n) is 6.68. The fourth-order valence-electron chi connectivity index (χ4n) is 2.18. The molecule has 22 heavy (non-hydrogen) atoms. The third-order valence-electron chi connectivity index (χ3n) is 3.11. The first-order valence-corrected chi connectivity index (χ1v) is 6.68. The summed E-state index contributed by atoms with van der Waals surface area (Å²) < 4.78 is 13.4. The van der Waals surface area contributed by atoms with Crippen molar-refractivity contribution in [1.29, 1.82) is 0 Å². The summed E-state index contributed by atoms with van der Waals surface area (Å²) in [6.45, 7) is 5.24. The molecule has 0 saturated heterocycles. The normalized spacial score (nSPS) is 11.3. The highest BCUT2D eigenvalue weighted by molar-refractivity contribution is 5.87. The number of benzene rings is 1. The van der Waals surface area contributed by atoms with Crippen LogP contribution in [-0.4, -0.2) is 26.8 Å². The molecule has 2 aromatic rings. The van der Waals surface area contributed by atoms with Crippen molar-refractivity contribution in [2.45, 2.75) is 26.3 Å². The van der Waals surface area contributed by atoms with Crippen LogP contribution in [0.1, 0.15) is 20.8 Å². The van der Waals surface area contributed by atoms with E-state index in [2.05, 4.69) is 4.98 Å². The number of hydrogen-bond acceptors (Lipinski definition) is 3. The molecule has 1 amide bonds. The minimum absolute atomic E-state index is 0.0869. The fourth-order valence-corrected chi connectivity index (χ4v) is 2.18. The summed E-state index contributed by atoms with van der Waals surface area (Å²) in [7, 11) is 0. The van der Waals surface area contributed by atoms with E-state index in [-0.39, 0.29) is 17.1 Å². The molecule has 0 aliphatic heterocycles. The quantitative estimate of drug-likeness (QED) is 0.883. The Morgan fingerprint density at radius 2 is 1.91 bits per heavy atom. The van der Waals surface area contributed by atoms with Crippen LogP contribution in [0.4, 0.5) is 15.0 Å². The number of aromatic hydroxyl groups is 1. The van der Waals surface area contributed by atoms with Crippen LogP contribution in [0.3, 0.4) is 0 Å². The van der Waals surface area contributed by atoms with Gasteiger partial charge in [0, 0.05) is 17.3 Å². The van der Waals surface area contributed by atoms with Crippen LogP contribution in [0.25, 0.3) is 11.1 Å². The lowest BCUT2D eigenvalue weighted by Gasteiger charge is -2.32. The highest BCUT2D eigenvalue weighted by Gasteiger charge is 2.29. The molecule has 0 spiro atoms. The van der Waals surface area contributed by atoms with Crippen LogP contribution in [0.5, 0.6) is 5.75 Å². The molecule has 0 saturated carbocycles. The molecule has 1 heterocycles. The molecule has 0 bridgehead atoms. The standard InChI is InChI=1S/C16H17FN2O3/c1-16(2,3)19(15(21)22)14-8-10(6-7-18-14)12-9-11(17)4-5-13(12)20/h4-9,20H,1-3H3,(H,21,22). The van der Waals surface area contributed by atoms with E-state index in [4.69, 9.17) is 0 Å². The predicted molar refractivity (Wildman–Crippen MR) is 81.6 cm³/mol. The maximum Gasteiger partial charge on any atom is 0.413 e. The summed E-state index contributed by atoms with van der Waals surface area (Å²) in [5.74, 6) is -0.366. The Hall–Kier alpha value is -2.63. The van der Waals surface area contributed by atoms with Gasteiger partial charge >= 0.3 is 6.09 Å². The Balaban J connectivity index is 2.55. The molecular formula is C16H17FN2O3. The molecule has 116 valence electrons. The number of rotatable bonds is 2. The number of hydrogen-bond donors (Lipinski definition) is 2. The number of carbonyl (C=O) groups is 1. The Morgan fingerprint density at radius 1 is 1.23 bits per heavy atom. The van der Waals surface area contributed by atoms with Gasteiger partial charge in [0.05, 0.1) is 0 Å². The first kappa shape index (κ1) is 15.8. The minimum atomic E-state index is -1.14. The maximum atomic E-state index is 13.4. The molecule has 0 aliphatic rings. The molecule has 0 fully saturated rings. The van der Waals surface area contributed by atoms with Crippen molar-refractivity contribution < 1.29 is 19.4 Å². The van der Waals surface area contributed by atoms with E-state index in [0.29, 0.717) is 5.56 Å². The van der Waals surface area contributed by atoms with Gasteiger partial charge in [-0.1, -0.05) is 0 Å². The lowest BCUT2D eigenvalue weighted by atomic mass is 10.0. The fraction of sp³-hybridized carbons (Fsp3) is 0.250. The number of carboxylic acid groups (broad SMARTS) is 1. The van der Waals surface area contributed by atoms with Crippen molar-refractivity contribution in [1.82, 2.24) is 4.98 Å². The van der Waals surface area contributed by atoms with Crippen molar-refractivity contribution in [2.24, 2.45) is 0 Å². The highest BCUT2D eigenvalue weighted by Crippen LogP contribution is 2.32. The minimum Gasteiger partial charge on any atom is -0.507 e. The average molecular weight is 304 g/mol. The van der Waals surface area contributed by atoms with Gasteiger partial charge in [0.1, 0.15) is 17.4 Å². The third kappa shape index (κ3) is 3.16. The zero-order valence-corrected chi connectivity index (χ0v) is 12.5. The molecule has 1 aromatic heterocycles. The van der Waals surface area contributed by atoms with Crippen molar-refractivity contribution in [2.75, 3.05) is 4.90 Å². The van der Waals surface area contributed by atoms with E-state index in [1.807, 2.05) is 0 Å². The van der Waals surface area contributed by atoms with Crippen molar-refractivity contribution in [3.63, 3.8) is 0 Å². The highest BCUT2D eigenvalue weighted by atomic mass is 19.1. The third-order valence-corrected chi connectivity index (χ3v) is 3.11. The van der Waals surface area contributed by atoms with Gasteiger partial charge in [0.25, 0.3) is 0 Å². The van der Waals surface area contributed by atoms with Crippen molar-refractivity contribution >= 4 is 11.9 Å². The molecule has 2 rings (SSSR count). The Labute approximate surface area is 127 Å². The molecule has 1 aromatic carbocycles. The van der Waals surface area contributed by atoms with Crippen LogP contribution < -0.4 is 4.90 Å². The smallest absolute Gasteiger partial charge is 0.413 e. The molecule has 2 N–H and O–H groups in total. The molecule has 0 radical (unpaired) electrons. The van der Waals surface area contributed by atoms with Gasteiger partial charge in [0.2, 0.25) is 0 Å². The largest absolute Gasteiger partial charge is 0.507 e. The molecule has 0 atom stereocenters. The number of phenols is 1. The van der Waals surface area contributed by atoms with E-state index in [1.165, 1.54) is 24.4 Å². The van der Waals surface area contributed by atoms with Crippen LogP contribution >= 0.6 is 0 Å². The van der Waals surface area contributed by atoms with Gasteiger partial charge in [-0.05, 0) is 56.7 Å². The number of aromatic nitrogens is 1. The second-order valence-electron chi connectivity index (χ2n) is 5.85. The van der Waals surface area contributed by atoms with Gasteiger partial charge in [-0.15, -0.1) is 0 Å². The van der Waals surface area contributed by atoms with Crippen LogP contribution in [0, 0.1) is 5.82 Å². The van der Waals surface area contributed by atoms with E-state index < -0.39 is 17.4 Å². The lowest BCUT2D eigenvalue weighted by molar-refractivity contribution is 0.195. The molecular weight excluding hydrogens is 287 g/mol. The summed E-state index contributed by atoms with van der Waals surface area (Å²) in [4.78, 5) is 16.7. The monoisotopic (exact) mass is 304 g/mol. The zero-order valence-electron chi connectivity index (χ0n) is 12.5. The topological polar surface area (TPSA) is 73.7 Å². The van der Waals surface area contributed by atoms with Crippen LogP contribution in [-0.2, 0) is 0 Å². The van der Waals surface area contributed by atoms with Crippen molar-refractivity contribution in [3.8, 4) is 16.9 Å². The zero-order chi connectivity index (χ0) is 16.5. The van der Waals surface area contributed by atoms with E-state index in [1.54, 1.807) is 26.8 Å². The van der Waals surface area contributed by atoms with Gasteiger partial charge in [-0.3, -0.25) is 4.90 Å². The number of halogens is 1. The number of nitrogens with zero attached hydrogens (tertiary/aromatic N) is 2. The SMILES string of the molecule is CC(C)(C)N(C(=O)O)c1cc(-c2cc(F)ccc2O)ccn1. The van der Waals surface area contributed by atoms with E-state index >= 15 is 0 Å². The number of amides is 1. The Bertz CT molecular complexity index is 711. The summed E-state index contributed by atoms with van der Waals surface area (Å²) in [6.07, 6.45) is 0.289. The molecule has 6 heteroatoms. The summed E-state index contributed by atoms with van der Waals surface area (Å²) >= 11 is 0. The Morgan fingerprint density at radius 3 is 2.50 bits per heavy atom. The Kier molecular flexibility index (Phi) is 4.03. The summed E-state index contributed by atoms with van der Waals surface area (Å²) in [5.41, 5.74) is 0.0712. The van der Waals surface area contributed by atoms with Crippen LogP contribution in [0.2, 0.25) is 0 Å². The second kappa shape index (κ2) is 5.63. The van der Waals surface area contributed by atoms with Gasteiger partial charge < -0.3 is 10.2 Å². The summed E-state index contributed by atoms with van der Waals surface area (Å²) in [6, 6.07) is 6.69. The lowest BCUT2D eigenvalue weighted by Crippen LogP contribution is -2.45. The molecule has 0 unspecified atom stereocenters. The molecule has 5 nitrogen and oxygen atoms in total. The maximum absolute atomic E-state index is 13.4. The average Bonchev–Trinajstić information content (AvgIpc) is 2.40. The first-order chi connectivity index (χ1) is 10.2. The van der Waals surface area contributed by atoms with Gasteiger partial charge in [-0.25, -0.2) is 14.2 Å². The van der Waals surface area contributed by atoms with Gasteiger partial charge in [0.15, 0.2) is 0 Å². The second-order valence-corrected chi connectivity index (χ2v) is 5.85. The summed E-state index contributed by atoms with van der Waals surface area (Å²) in [5, 5.41) is 19.3. The number of phenolic OH excluding ortho intramolecular Hbond substituents is 1. The van der Waals surface area contributed by atoms with E-state index in [0.717, 1.165) is 11.0 Å². The number of pyridine rings is 1. The van der Waals surface area contributed by atoms with Gasteiger partial charge in [-0.2, -0.15) is 0 Å². The number of anilines is 1. The van der Waals surface area contributed by atoms with Crippen LogP contribution in [0.15, 0.2) is 36.5 Å². The molecule has 0 aliphatic carbocycles. The van der Waals surface area contributed by atoms with E-state index in [9.17, 15) is 19.4 Å². The van der Waals surface area contributed by atoms with Crippen molar-refractivity contribution in [3.05, 3.63) is 42.3 Å². The predicted octanol–water partition coefficient (Wildman–Crippen LogP) is 3.88.